The summed E-state index contributed by atoms with van der Waals surface area (Å²) < 4.78 is 6.33. The minimum atomic E-state index is -0.0407. The summed E-state index contributed by atoms with van der Waals surface area (Å²) in [5, 5.41) is 0. The van der Waals surface area contributed by atoms with E-state index in [0.717, 1.165) is 50.0 Å². The van der Waals surface area contributed by atoms with Crippen LogP contribution in [0.4, 0.5) is 0 Å². The summed E-state index contributed by atoms with van der Waals surface area (Å²) in [6, 6.07) is 0. The van der Waals surface area contributed by atoms with Gasteiger partial charge < -0.3 is 4.65 Å². The smallest absolute Gasteiger partial charge is 0.410 e. The van der Waals surface area contributed by atoms with Gasteiger partial charge in [0.1, 0.15) is 11.5 Å². The van der Waals surface area contributed by atoms with E-state index in [1.165, 1.54) is 5.57 Å². The van der Waals surface area contributed by atoms with Crippen molar-refractivity contribution >= 4 is 13.1 Å². The molecule has 0 aromatic carbocycles. The molecule has 26 heavy (non-hydrogen) atoms. The second-order valence-electron chi connectivity index (χ2n) is 6.01. The maximum Gasteiger partial charge on any atom is 0.410 e. The van der Waals surface area contributed by atoms with Crippen LogP contribution < -0.4 is 0 Å². The number of hydrogen-bond acceptors (Lipinski definition) is 2. The van der Waals surface area contributed by atoms with Crippen LogP contribution >= 0.6 is 0 Å². The van der Waals surface area contributed by atoms with E-state index in [1.807, 2.05) is 26.1 Å². The molecule has 0 saturated carbocycles. The van der Waals surface area contributed by atoms with E-state index in [2.05, 4.69) is 67.2 Å². The Hall–Kier alpha value is -2.03. The maximum atomic E-state index is 6.33. The summed E-state index contributed by atoms with van der Waals surface area (Å²) in [5.74, 6) is 5.18. The Morgan fingerprint density at radius 1 is 1.08 bits per heavy atom. The molecule has 0 saturated heterocycles. The lowest BCUT2D eigenvalue weighted by molar-refractivity contribution is 0.462. The highest BCUT2D eigenvalue weighted by Gasteiger charge is 2.17. The highest BCUT2D eigenvalue weighted by atomic mass is 16.4. The first-order valence-electron chi connectivity index (χ1n) is 10.1. The third kappa shape index (κ3) is 7.90. The molecule has 1 aliphatic heterocycles. The molecule has 0 radical (unpaired) electrons. The first-order valence-corrected chi connectivity index (χ1v) is 10.1. The summed E-state index contributed by atoms with van der Waals surface area (Å²) in [6.45, 7) is 8.34. The van der Waals surface area contributed by atoms with E-state index in [0.29, 0.717) is 0 Å². The molecule has 1 aliphatic carbocycles. The molecule has 0 fully saturated rings. The minimum Gasteiger partial charge on any atom is -0.551 e. The summed E-state index contributed by atoms with van der Waals surface area (Å²) in [6.07, 6.45) is 23.2. The third-order valence-corrected chi connectivity index (χ3v) is 3.90. The van der Waals surface area contributed by atoms with Crippen LogP contribution in [0.25, 0.3) is 0 Å². The lowest BCUT2D eigenvalue weighted by atomic mass is 9.67. The zero-order valence-electron chi connectivity index (χ0n) is 16.9. The Morgan fingerprint density at radius 3 is 2.42 bits per heavy atom. The first-order chi connectivity index (χ1) is 12.8. The zero-order valence-corrected chi connectivity index (χ0v) is 16.9. The molecule has 0 amide bonds. The normalized spacial score (nSPS) is 16.1. The van der Waals surface area contributed by atoms with Gasteiger partial charge in [0.25, 0.3) is 0 Å². The molecular weight excluding hydrogens is 317 g/mol. The van der Waals surface area contributed by atoms with Crippen molar-refractivity contribution in [2.75, 3.05) is 0 Å². The van der Waals surface area contributed by atoms with Crippen molar-refractivity contribution in [3.8, 4) is 0 Å². The van der Waals surface area contributed by atoms with Crippen LogP contribution in [-0.2, 0) is 4.65 Å². The van der Waals surface area contributed by atoms with Crippen molar-refractivity contribution in [2.45, 2.75) is 66.2 Å². The van der Waals surface area contributed by atoms with Crippen molar-refractivity contribution in [1.82, 2.24) is 0 Å². The summed E-state index contributed by atoms with van der Waals surface area (Å²) in [7, 11) is 0. The zero-order chi connectivity index (χ0) is 19.0. The Balaban J connectivity index is 0.00000163. The molecule has 2 aliphatic rings. The topological polar surface area (TPSA) is 21.6 Å². The van der Waals surface area contributed by atoms with Crippen LogP contribution in [0, 0.1) is 0 Å². The Kier molecular flexibility index (Phi) is 12.0. The minimum absolute atomic E-state index is 0.0407. The average molecular weight is 351 g/mol. The van der Waals surface area contributed by atoms with Gasteiger partial charge in [0.05, 0.1) is 0 Å². The van der Waals surface area contributed by atoms with Crippen molar-refractivity contribution in [1.29, 1.82) is 0 Å². The molecule has 0 bridgehead atoms. The highest BCUT2D eigenvalue weighted by Crippen LogP contribution is 2.27. The number of fused-ring (bicyclic) bond motifs is 1. The van der Waals surface area contributed by atoms with Crippen molar-refractivity contribution in [2.24, 2.45) is 4.99 Å². The number of hydrogen-bond donors (Lipinski definition) is 0. The third-order valence-electron chi connectivity index (χ3n) is 3.90. The molecule has 0 aromatic rings. The lowest BCUT2D eigenvalue weighted by Gasteiger charge is -2.14. The molecule has 2 nitrogen and oxygen atoms in total. The number of aliphatic imine (C=N–C) groups is 1. The van der Waals surface area contributed by atoms with Gasteiger partial charge in [-0.05, 0) is 43.4 Å². The largest absolute Gasteiger partial charge is 0.551 e. The Bertz CT molecular complexity index is 590. The Labute approximate surface area is 160 Å². The molecule has 0 unspecified atom stereocenters. The molecule has 1 heterocycles. The molecule has 0 atom stereocenters. The molecule has 140 valence electrons. The van der Waals surface area contributed by atoms with Crippen LogP contribution in [0.15, 0.2) is 76.5 Å². The van der Waals surface area contributed by atoms with Gasteiger partial charge in [-0.25, -0.2) is 0 Å². The van der Waals surface area contributed by atoms with Crippen LogP contribution in [0.5, 0.6) is 0 Å². The van der Waals surface area contributed by atoms with Gasteiger partial charge >= 0.3 is 6.92 Å². The first kappa shape index (κ1) is 22.0. The van der Waals surface area contributed by atoms with Crippen LogP contribution in [0.2, 0.25) is 0 Å². The van der Waals surface area contributed by atoms with E-state index in [4.69, 9.17) is 4.65 Å². The molecule has 0 aromatic heterocycles. The van der Waals surface area contributed by atoms with Gasteiger partial charge in [-0.1, -0.05) is 82.9 Å². The molecule has 3 heteroatoms. The standard InChI is InChI=1S/C21H28BNO.C2H6/c1-3-5-10-16-22(17-11-6-4-2)24-20-15-8-7-13-19-14-9-12-18-23-21(19)20;1-2/h8-13,15-18H,3-7,14H2,1-2H3;1-2H3/b16-10+,17-11+;. The fourth-order valence-electron chi connectivity index (χ4n) is 2.60. The van der Waals surface area contributed by atoms with Gasteiger partial charge in [-0.3, -0.25) is 4.99 Å². The SMILES string of the molecule is CC.CCC/C=C/B(/C=C/CCC)OC1=C2N=CC=CCC2=CCC=C1. The fraction of sp³-hybridized carbons (Fsp3) is 0.435. The van der Waals surface area contributed by atoms with E-state index in [9.17, 15) is 0 Å². The number of rotatable bonds is 8. The van der Waals surface area contributed by atoms with Crippen molar-refractivity contribution < 1.29 is 4.65 Å². The second-order valence-corrected chi connectivity index (χ2v) is 6.01. The van der Waals surface area contributed by atoms with Crippen molar-refractivity contribution in [3.05, 3.63) is 71.5 Å². The second kappa shape index (κ2) is 14.2. The molecule has 0 spiro atoms. The van der Waals surface area contributed by atoms with Gasteiger partial charge in [0, 0.05) is 6.21 Å². The lowest BCUT2D eigenvalue weighted by Crippen LogP contribution is -2.13. The summed E-state index contributed by atoms with van der Waals surface area (Å²) >= 11 is 0. The number of allylic oxidation sites excluding steroid dienone is 8. The molecule has 2 rings (SSSR count). The van der Waals surface area contributed by atoms with E-state index >= 15 is 0 Å². The predicted molar refractivity (Wildman–Crippen MR) is 117 cm³/mol. The van der Waals surface area contributed by atoms with Crippen molar-refractivity contribution in [3.63, 3.8) is 0 Å². The van der Waals surface area contributed by atoms with Crippen LogP contribution in [0.3, 0.4) is 0 Å². The number of nitrogens with zero attached hydrogens (tertiary/aromatic N) is 1. The van der Waals surface area contributed by atoms with E-state index < -0.39 is 0 Å². The number of unbranched alkanes of at least 4 members (excludes halogenated alkanes) is 2. The monoisotopic (exact) mass is 351 g/mol. The average Bonchev–Trinajstić information content (AvgIpc) is 3.00. The molecule has 0 N–H and O–H groups in total. The highest BCUT2D eigenvalue weighted by molar-refractivity contribution is 6.63. The van der Waals surface area contributed by atoms with E-state index in [1.54, 1.807) is 0 Å². The van der Waals surface area contributed by atoms with Gasteiger partial charge in [0.15, 0.2) is 0 Å². The van der Waals surface area contributed by atoms with Crippen LogP contribution in [-0.4, -0.2) is 13.1 Å². The quantitative estimate of drug-likeness (QED) is 0.434. The van der Waals surface area contributed by atoms with Gasteiger partial charge in [-0.2, -0.15) is 0 Å². The van der Waals surface area contributed by atoms with Gasteiger partial charge in [0.2, 0.25) is 0 Å². The maximum absolute atomic E-state index is 6.33. The fourth-order valence-corrected chi connectivity index (χ4v) is 2.60. The molecular formula is C23H34BNO. The summed E-state index contributed by atoms with van der Waals surface area (Å²) in [5.41, 5.74) is 2.21. The van der Waals surface area contributed by atoms with E-state index in [-0.39, 0.29) is 6.92 Å². The van der Waals surface area contributed by atoms with Gasteiger partial charge in [-0.15, -0.1) is 0 Å². The predicted octanol–water partition coefficient (Wildman–Crippen LogP) is 6.94. The van der Waals surface area contributed by atoms with Crippen LogP contribution in [0.1, 0.15) is 66.2 Å². The summed E-state index contributed by atoms with van der Waals surface area (Å²) in [4.78, 5) is 4.61. The Morgan fingerprint density at radius 2 is 1.77 bits per heavy atom.